The van der Waals surface area contributed by atoms with Crippen molar-refractivity contribution in [2.45, 2.75) is 13.0 Å². The van der Waals surface area contributed by atoms with Crippen molar-refractivity contribution in [3.8, 4) is 5.75 Å². The summed E-state index contributed by atoms with van der Waals surface area (Å²) in [6.07, 6.45) is -1.36. The van der Waals surface area contributed by atoms with E-state index in [0.717, 1.165) is 0 Å². The summed E-state index contributed by atoms with van der Waals surface area (Å²) in [5.41, 5.74) is 3.28. The average molecular weight is 343 g/mol. The summed E-state index contributed by atoms with van der Waals surface area (Å²) in [6.45, 7) is 1.58. The number of nitro benzene ring substituents is 1. The van der Waals surface area contributed by atoms with Crippen LogP contribution in [0.25, 0.3) is 0 Å². The summed E-state index contributed by atoms with van der Waals surface area (Å²) in [4.78, 5) is 22.4. The normalized spacial score (nSPS) is 12.4. The van der Waals surface area contributed by atoms with Crippen molar-refractivity contribution >= 4 is 17.3 Å². The van der Waals surface area contributed by atoms with Crippen LogP contribution in [0.5, 0.6) is 5.75 Å². The molecule has 8 nitrogen and oxygen atoms in total. The van der Waals surface area contributed by atoms with Gasteiger partial charge in [-0.25, -0.2) is 5.43 Å². The maximum Gasteiger partial charge on any atom is 0.311 e. The Kier molecular flexibility index (Phi) is 5.80. The van der Waals surface area contributed by atoms with Gasteiger partial charge in [0.2, 0.25) is 0 Å². The number of amides is 1. The van der Waals surface area contributed by atoms with E-state index in [1.54, 1.807) is 43.3 Å². The van der Waals surface area contributed by atoms with Gasteiger partial charge < -0.3 is 9.84 Å². The summed E-state index contributed by atoms with van der Waals surface area (Å²) in [7, 11) is 1.34. The first-order chi connectivity index (χ1) is 11.9. The smallest absolute Gasteiger partial charge is 0.311 e. The van der Waals surface area contributed by atoms with Crippen LogP contribution in [0.3, 0.4) is 0 Å². The molecule has 0 saturated carbocycles. The molecule has 0 unspecified atom stereocenters. The molecule has 2 N–H and O–H groups in total. The van der Waals surface area contributed by atoms with Gasteiger partial charge in [0.05, 0.1) is 17.7 Å². The molecule has 8 heteroatoms. The second kappa shape index (κ2) is 8.02. The van der Waals surface area contributed by atoms with E-state index in [0.29, 0.717) is 16.8 Å². The Hall–Kier alpha value is -3.26. The van der Waals surface area contributed by atoms with Crippen molar-refractivity contribution in [1.29, 1.82) is 0 Å². The number of nitro groups is 1. The lowest BCUT2D eigenvalue weighted by Crippen LogP contribution is -2.26. The molecule has 0 aliphatic rings. The number of aliphatic hydroxyl groups is 1. The molecule has 0 saturated heterocycles. The number of hydrogen-bond acceptors (Lipinski definition) is 6. The van der Waals surface area contributed by atoms with E-state index in [1.807, 2.05) is 0 Å². The first-order valence-electron chi connectivity index (χ1n) is 7.34. The number of nitrogens with one attached hydrogen (secondary N) is 1. The predicted molar refractivity (Wildman–Crippen MR) is 91.4 cm³/mol. The van der Waals surface area contributed by atoms with Crippen LogP contribution >= 0.6 is 0 Å². The van der Waals surface area contributed by atoms with Crippen molar-refractivity contribution in [3.63, 3.8) is 0 Å². The van der Waals surface area contributed by atoms with E-state index in [4.69, 9.17) is 4.74 Å². The molecule has 0 aliphatic heterocycles. The van der Waals surface area contributed by atoms with Crippen molar-refractivity contribution in [3.05, 3.63) is 69.8 Å². The van der Waals surface area contributed by atoms with Gasteiger partial charge in [0.15, 0.2) is 11.9 Å². The third-order valence-electron chi connectivity index (χ3n) is 3.49. The van der Waals surface area contributed by atoms with Crippen molar-refractivity contribution < 1.29 is 19.6 Å². The van der Waals surface area contributed by atoms with Gasteiger partial charge in [0.1, 0.15) is 0 Å². The number of benzene rings is 2. The Morgan fingerprint density at radius 3 is 2.56 bits per heavy atom. The highest BCUT2D eigenvalue weighted by Crippen LogP contribution is 2.27. The van der Waals surface area contributed by atoms with Crippen molar-refractivity contribution in [1.82, 2.24) is 5.43 Å². The van der Waals surface area contributed by atoms with Crippen LogP contribution in [0.15, 0.2) is 53.6 Å². The number of rotatable bonds is 6. The van der Waals surface area contributed by atoms with Crippen LogP contribution in [0.1, 0.15) is 24.2 Å². The number of ether oxygens (including phenoxy) is 1. The molecule has 1 atom stereocenters. The monoisotopic (exact) mass is 343 g/mol. The number of aliphatic hydroxyl groups excluding tert-OH is 1. The van der Waals surface area contributed by atoms with Crippen LogP contribution in [-0.4, -0.2) is 28.8 Å². The SMILES string of the molecule is COc1ccc(/C(C)=N/NC(=O)[C@H](O)c2ccccc2)cc1[N+](=O)[O-]. The number of carbonyl (C=O) groups is 1. The lowest BCUT2D eigenvalue weighted by atomic mass is 10.1. The molecule has 2 aromatic carbocycles. The number of hydrogen-bond donors (Lipinski definition) is 2. The summed E-state index contributed by atoms with van der Waals surface area (Å²) in [5, 5.41) is 24.9. The Morgan fingerprint density at radius 2 is 1.96 bits per heavy atom. The van der Waals surface area contributed by atoms with Crippen molar-refractivity contribution in [2.75, 3.05) is 7.11 Å². The zero-order chi connectivity index (χ0) is 18.4. The molecule has 1 amide bonds. The summed E-state index contributed by atoms with van der Waals surface area (Å²) in [5.74, 6) is -0.571. The molecule has 0 fully saturated rings. The van der Waals surface area contributed by atoms with Gasteiger partial charge in [-0.05, 0) is 24.6 Å². The standard InChI is InChI=1S/C17H17N3O5/c1-11(13-8-9-15(25-2)14(10-13)20(23)24)18-19-17(22)16(21)12-6-4-3-5-7-12/h3-10,16,21H,1-2H3,(H,19,22)/b18-11+/t16-/m1/s1. The number of hydrazone groups is 1. The van der Waals surface area contributed by atoms with E-state index in [9.17, 15) is 20.0 Å². The van der Waals surface area contributed by atoms with Gasteiger partial charge in [0.25, 0.3) is 5.91 Å². The van der Waals surface area contributed by atoms with Crippen LogP contribution < -0.4 is 10.2 Å². The molecule has 0 bridgehead atoms. The minimum absolute atomic E-state index is 0.130. The van der Waals surface area contributed by atoms with E-state index < -0.39 is 16.9 Å². The Labute approximate surface area is 143 Å². The fraction of sp³-hybridized carbons (Fsp3) is 0.176. The molecule has 0 aromatic heterocycles. The molecule has 0 heterocycles. The second-order valence-corrected chi connectivity index (χ2v) is 5.13. The van der Waals surface area contributed by atoms with E-state index in [1.165, 1.54) is 19.2 Å². The molecular formula is C17H17N3O5. The highest BCUT2D eigenvalue weighted by Gasteiger charge is 2.18. The lowest BCUT2D eigenvalue weighted by Gasteiger charge is -2.10. The fourth-order valence-electron chi connectivity index (χ4n) is 2.11. The first-order valence-corrected chi connectivity index (χ1v) is 7.34. The topological polar surface area (TPSA) is 114 Å². The third-order valence-corrected chi connectivity index (χ3v) is 3.49. The maximum atomic E-state index is 12.0. The molecule has 2 rings (SSSR count). The number of nitrogens with zero attached hydrogens (tertiary/aromatic N) is 2. The second-order valence-electron chi connectivity index (χ2n) is 5.13. The molecule has 0 aliphatic carbocycles. The molecule has 130 valence electrons. The third kappa shape index (κ3) is 4.39. The Bertz CT molecular complexity index is 805. The predicted octanol–water partition coefficient (Wildman–Crippen LogP) is 2.18. The van der Waals surface area contributed by atoms with Crippen LogP contribution in [0.4, 0.5) is 5.69 Å². The molecule has 2 aromatic rings. The highest BCUT2D eigenvalue weighted by molar-refractivity contribution is 6.00. The summed E-state index contributed by atoms with van der Waals surface area (Å²) >= 11 is 0. The quantitative estimate of drug-likeness (QED) is 0.474. The van der Waals surface area contributed by atoms with Crippen LogP contribution in [-0.2, 0) is 4.79 Å². The minimum Gasteiger partial charge on any atom is -0.490 e. The van der Waals surface area contributed by atoms with E-state index in [-0.39, 0.29) is 11.4 Å². The largest absolute Gasteiger partial charge is 0.490 e. The Balaban J connectivity index is 2.15. The molecule has 0 spiro atoms. The average Bonchev–Trinajstić information content (AvgIpc) is 2.65. The van der Waals surface area contributed by atoms with Gasteiger partial charge in [0, 0.05) is 11.6 Å². The fourth-order valence-corrected chi connectivity index (χ4v) is 2.11. The zero-order valence-electron chi connectivity index (χ0n) is 13.7. The summed E-state index contributed by atoms with van der Waals surface area (Å²) in [6, 6.07) is 12.8. The summed E-state index contributed by atoms with van der Waals surface area (Å²) < 4.78 is 4.94. The Morgan fingerprint density at radius 1 is 1.28 bits per heavy atom. The van der Waals surface area contributed by atoms with Gasteiger partial charge in [-0.1, -0.05) is 30.3 Å². The molecular weight excluding hydrogens is 326 g/mol. The minimum atomic E-state index is -1.36. The van der Waals surface area contributed by atoms with Crippen molar-refractivity contribution in [2.24, 2.45) is 5.10 Å². The van der Waals surface area contributed by atoms with E-state index >= 15 is 0 Å². The van der Waals surface area contributed by atoms with Gasteiger partial charge in [-0.15, -0.1) is 0 Å². The maximum absolute atomic E-state index is 12.0. The molecule has 0 radical (unpaired) electrons. The molecule has 25 heavy (non-hydrogen) atoms. The lowest BCUT2D eigenvalue weighted by molar-refractivity contribution is -0.385. The van der Waals surface area contributed by atoms with E-state index in [2.05, 4.69) is 10.5 Å². The van der Waals surface area contributed by atoms with Gasteiger partial charge in [-0.3, -0.25) is 14.9 Å². The highest BCUT2D eigenvalue weighted by atomic mass is 16.6. The van der Waals surface area contributed by atoms with Crippen LogP contribution in [0.2, 0.25) is 0 Å². The van der Waals surface area contributed by atoms with Gasteiger partial charge in [-0.2, -0.15) is 5.10 Å². The van der Waals surface area contributed by atoms with Gasteiger partial charge >= 0.3 is 5.69 Å². The zero-order valence-corrected chi connectivity index (χ0v) is 13.7. The number of methoxy groups -OCH3 is 1. The van der Waals surface area contributed by atoms with Crippen LogP contribution in [0, 0.1) is 10.1 Å². The number of carbonyl (C=O) groups excluding carboxylic acids is 1. The first kappa shape index (κ1) is 18.1.